The maximum absolute atomic E-state index is 12.9. The molecule has 0 bridgehead atoms. The zero-order valence-corrected chi connectivity index (χ0v) is 14.4. The van der Waals surface area contributed by atoms with E-state index in [-0.39, 0.29) is 5.92 Å². The van der Waals surface area contributed by atoms with Gasteiger partial charge in [0.15, 0.2) is 0 Å². The predicted octanol–water partition coefficient (Wildman–Crippen LogP) is 3.46. The van der Waals surface area contributed by atoms with Crippen molar-refractivity contribution in [2.24, 2.45) is 11.3 Å². The van der Waals surface area contributed by atoms with Crippen LogP contribution in [-0.4, -0.2) is 33.9 Å². The Hall–Kier alpha value is -1.20. The average Bonchev–Trinajstić information content (AvgIpc) is 3.02. The van der Waals surface area contributed by atoms with Crippen molar-refractivity contribution in [1.29, 1.82) is 0 Å². The summed E-state index contributed by atoms with van der Waals surface area (Å²) in [6.07, 6.45) is 8.05. The first kappa shape index (κ1) is 14.2. The number of hydrogen-bond acceptors (Lipinski definition) is 4. The lowest BCUT2D eigenvalue weighted by Crippen LogP contribution is -2.36. The first-order valence-corrected chi connectivity index (χ1v) is 9.54. The van der Waals surface area contributed by atoms with E-state index in [1.165, 1.54) is 36.0 Å². The number of likely N-dealkylation sites (tertiary alicyclic amines) is 1. The number of halogens is 1. The van der Waals surface area contributed by atoms with E-state index in [0.717, 1.165) is 42.6 Å². The maximum atomic E-state index is 12.9. The van der Waals surface area contributed by atoms with Gasteiger partial charge in [-0.25, -0.2) is 9.97 Å². The molecule has 1 unspecified atom stereocenters. The lowest BCUT2D eigenvalue weighted by Gasteiger charge is -2.26. The molecule has 2 aliphatic carbocycles. The molecule has 3 heterocycles. The van der Waals surface area contributed by atoms with Gasteiger partial charge in [-0.1, -0.05) is 11.6 Å². The van der Waals surface area contributed by atoms with E-state index in [1.807, 2.05) is 0 Å². The second-order valence-corrected chi connectivity index (χ2v) is 8.74. The van der Waals surface area contributed by atoms with Crippen LogP contribution in [0.5, 0.6) is 0 Å². The number of carbonyl (C=O) groups excluding carboxylic acids is 1. The van der Waals surface area contributed by atoms with Crippen molar-refractivity contribution in [3.63, 3.8) is 0 Å². The molecule has 1 aliphatic heterocycles. The van der Waals surface area contributed by atoms with E-state index in [9.17, 15) is 4.79 Å². The van der Waals surface area contributed by atoms with Gasteiger partial charge in [0, 0.05) is 23.9 Å². The molecule has 3 aliphatic rings. The monoisotopic (exact) mass is 347 g/mol. The van der Waals surface area contributed by atoms with E-state index in [0.29, 0.717) is 16.5 Å². The predicted molar refractivity (Wildman–Crippen MR) is 90.8 cm³/mol. The van der Waals surface area contributed by atoms with Crippen LogP contribution in [0, 0.1) is 11.3 Å². The molecule has 2 aromatic rings. The molecule has 2 aromatic heterocycles. The number of nitrogens with zero attached hydrogens (tertiary/aromatic N) is 3. The summed E-state index contributed by atoms with van der Waals surface area (Å²) < 4.78 is 0. The first-order chi connectivity index (χ1) is 11.2. The SMILES string of the molecule is O=C(C1CCc2c(sc3ncnc(Cl)c23)C1)N1CCC2(CC2)C1. The molecule has 4 nitrogen and oxygen atoms in total. The molecule has 0 radical (unpaired) electrons. The van der Waals surface area contributed by atoms with Gasteiger partial charge in [0.2, 0.25) is 5.91 Å². The second-order valence-electron chi connectivity index (χ2n) is 7.30. The van der Waals surface area contributed by atoms with E-state index in [1.54, 1.807) is 11.3 Å². The van der Waals surface area contributed by atoms with E-state index >= 15 is 0 Å². The summed E-state index contributed by atoms with van der Waals surface area (Å²) in [5, 5.41) is 1.56. The van der Waals surface area contributed by atoms with Gasteiger partial charge in [-0.2, -0.15) is 0 Å². The van der Waals surface area contributed by atoms with Crippen molar-refractivity contribution in [3.8, 4) is 0 Å². The van der Waals surface area contributed by atoms with Crippen LogP contribution in [-0.2, 0) is 17.6 Å². The molecule has 23 heavy (non-hydrogen) atoms. The molecule has 0 N–H and O–H groups in total. The summed E-state index contributed by atoms with van der Waals surface area (Å²) in [4.78, 5) is 25.7. The summed E-state index contributed by atoms with van der Waals surface area (Å²) in [5.41, 5.74) is 1.79. The number of aryl methyl sites for hydroxylation is 1. The van der Waals surface area contributed by atoms with E-state index in [4.69, 9.17) is 11.6 Å². The van der Waals surface area contributed by atoms with Gasteiger partial charge in [-0.05, 0) is 49.5 Å². The number of rotatable bonds is 1. The highest BCUT2D eigenvalue weighted by Gasteiger charge is 2.49. The molecule has 2 fully saturated rings. The van der Waals surface area contributed by atoms with Crippen LogP contribution in [0.25, 0.3) is 10.2 Å². The Bertz CT molecular complexity index is 814. The quantitative estimate of drug-likeness (QED) is 0.742. The second kappa shape index (κ2) is 4.90. The molecule has 6 heteroatoms. The summed E-state index contributed by atoms with van der Waals surface area (Å²) in [6.45, 7) is 1.96. The standard InChI is InChI=1S/C17H18ClN3OS/c18-14-13-11-2-1-10(7-12(11)23-15(13)20-9-19-14)16(22)21-6-5-17(8-21)3-4-17/h9-10H,1-8H2. The number of hydrogen-bond donors (Lipinski definition) is 0. The lowest BCUT2D eigenvalue weighted by atomic mass is 9.87. The van der Waals surface area contributed by atoms with Crippen molar-refractivity contribution in [1.82, 2.24) is 14.9 Å². The Morgan fingerprint density at radius 1 is 1.35 bits per heavy atom. The topological polar surface area (TPSA) is 46.1 Å². The molecular formula is C17H18ClN3OS. The molecule has 120 valence electrons. The Labute approximate surface area is 143 Å². The molecular weight excluding hydrogens is 330 g/mol. The zero-order chi connectivity index (χ0) is 15.6. The maximum Gasteiger partial charge on any atom is 0.226 e. The largest absolute Gasteiger partial charge is 0.342 e. The molecule has 1 saturated carbocycles. The molecule has 5 rings (SSSR count). The third-order valence-corrected chi connectivity index (χ3v) is 7.30. The van der Waals surface area contributed by atoms with E-state index in [2.05, 4.69) is 14.9 Å². The first-order valence-electron chi connectivity index (χ1n) is 8.35. The molecule has 1 spiro atoms. The van der Waals surface area contributed by atoms with Gasteiger partial charge in [0.1, 0.15) is 16.3 Å². The van der Waals surface area contributed by atoms with E-state index < -0.39 is 0 Å². The van der Waals surface area contributed by atoms with Crippen molar-refractivity contribution in [2.45, 2.75) is 38.5 Å². The van der Waals surface area contributed by atoms with Gasteiger partial charge in [-0.15, -0.1) is 11.3 Å². The summed E-state index contributed by atoms with van der Waals surface area (Å²) in [7, 11) is 0. The smallest absolute Gasteiger partial charge is 0.226 e. The molecule has 1 saturated heterocycles. The number of fused-ring (bicyclic) bond motifs is 3. The third-order valence-electron chi connectivity index (χ3n) is 5.86. The highest BCUT2D eigenvalue weighted by atomic mass is 35.5. The minimum Gasteiger partial charge on any atom is -0.342 e. The number of aromatic nitrogens is 2. The lowest BCUT2D eigenvalue weighted by molar-refractivity contribution is -0.135. The van der Waals surface area contributed by atoms with Gasteiger partial charge >= 0.3 is 0 Å². The summed E-state index contributed by atoms with van der Waals surface area (Å²) in [5.74, 6) is 0.505. The van der Waals surface area contributed by atoms with Crippen LogP contribution >= 0.6 is 22.9 Å². The molecule has 0 aromatic carbocycles. The van der Waals surface area contributed by atoms with Gasteiger partial charge in [0.05, 0.1) is 5.39 Å². The van der Waals surface area contributed by atoms with Crippen LogP contribution in [0.2, 0.25) is 5.15 Å². The Morgan fingerprint density at radius 2 is 2.22 bits per heavy atom. The van der Waals surface area contributed by atoms with Crippen molar-refractivity contribution < 1.29 is 4.79 Å². The van der Waals surface area contributed by atoms with Crippen LogP contribution in [0.3, 0.4) is 0 Å². The highest BCUT2D eigenvalue weighted by molar-refractivity contribution is 7.19. The van der Waals surface area contributed by atoms with Crippen LogP contribution < -0.4 is 0 Å². The van der Waals surface area contributed by atoms with Gasteiger partial charge in [-0.3, -0.25) is 4.79 Å². The van der Waals surface area contributed by atoms with Gasteiger partial charge < -0.3 is 4.90 Å². The van der Waals surface area contributed by atoms with Gasteiger partial charge in [0.25, 0.3) is 0 Å². The highest BCUT2D eigenvalue weighted by Crippen LogP contribution is 2.53. The fourth-order valence-electron chi connectivity index (χ4n) is 4.25. The average molecular weight is 348 g/mol. The minimum absolute atomic E-state index is 0.135. The third kappa shape index (κ3) is 2.20. The minimum atomic E-state index is 0.135. The Morgan fingerprint density at radius 3 is 3.00 bits per heavy atom. The van der Waals surface area contributed by atoms with Crippen molar-refractivity contribution >= 4 is 39.1 Å². The summed E-state index contributed by atoms with van der Waals surface area (Å²) in [6, 6.07) is 0. The zero-order valence-electron chi connectivity index (χ0n) is 12.8. The fraction of sp³-hybridized carbons (Fsp3) is 0.588. The summed E-state index contributed by atoms with van der Waals surface area (Å²) >= 11 is 7.94. The fourth-order valence-corrected chi connectivity index (χ4v) is 5.82. The number of amides is 1. The molecule has 1 atom stereocenters. The normalized spacial score (nSPS) is 25.1. The molecule has 1 amide bonds. The van der Waals surface area contributed by atoms with Crippen LogP contribution in [0.15, 0.2) is 6.33 Å². The van der Waals surface area contributed by atoms with Crippen LogP contribution in [0.1, 0.15) is 36.1 Å². The van der Waals surface area contributed by atoms with Crippen molar-refractivity contribution in [2.75, 3.05) is 13.1 Å². The Balaban J connectivity index is 1.41. The number of thiophene rings is 1. The number of carbonyl (C=O) groups is 1. The van der Waals surface area contributed by atoms with Crippen molar-refractivity contribution in [3.05, 3.63) is 21.9 Å². The Kier molecular flexibility index (Phi) is 3.02. The van der Waals surface area contributed by atoms with Crippen LogP contribution in [0.4, 0.5) is 0 Å².